The maximum atomic E-state index is 13.2. The number of amides is 2. The molecule has 1 aliphatic heterocycles. The van der Waals surface area contributed by atoms with Gasteiger partial charge in [0, 0.05) is 37.6 Å². The van der Waals surface area contributed by atoms with Crippen molar-refractivity contribution in [2.75, 3.05) is 26.8 Å². The highest BCUT2D eigenvalue weighted by Gasteiger charge is 2.35. The third-order valence-corrected chi connectivity index (χ3v) is 5.06. The minimum atomic E-state index is -0.283. The number of carbonyl (C=O) groups is 2. The zero-order valence-corrected chi connectivity index (χ0v) is 17.1. The van der Waals surface area contributed by atoms with Gasteiger partial charge in [0.25, 0.3) is 5.91 Å². The number of nitrogens with zero attached hydrogens (tertiary/aromatic N) is 2. The summed E-state index contributed by atoms with van der Waals surface area (Å²) in [6.07, 6.45) is 1.18. The zero-order chi connectivity index (χ0) is 21.3. The van der Waals surface area contributed by atoms with Gasteiger partial charge in [-0.15, -0.1) is 0 Å². The number of hydrogen-bond donors (Lipinski definition) is 2. The van der Waals surface area contributed by atoms with E-state index < -0.39 is 0 Å². The monoisotopic (exact) mass is 409 g/mol. The van der Waals surface area contributed by atoms with Crippen LogP contribution in [-0.2, 0) is 9.63 Å². The first-order valence-electron chi connectivity index (χ1n) is 10.0. The second kappa shape index (κ2) is 10.5. The van der Waals surface area contributed by atoms with Crippen molar-refractivity contribution in [3.8, 4) is 11.1 Å². The fraction of sp³-hybridized carbons (Fsp3) is 0.348. The van der Waals surface area contributed by atoms with Gasteiger partial charge in [0.15, 0.2) is 0 Å². The molecule has 158 valence electrons. The van der Waals surface area contributed by atoms with Gasteiger partial charge in [0.1, 0.15) is 7.11 Å². The maximum absolute atomic E-state index is 13.2. The molecular formula is C23H27N3O4. The van der Waals surface area contributed by atoms with E-state index in [2.05, 4.69) is 10.5 Å². The van der Waals surface area contributed by atoms with Crippen LogP contribution in [0.2, 0.25) is 0 Å². The van der Waals surface area contributed by atoms with E-state index in [0.29, 0.717) is 31.5 Å². The number of carbonyl (C=O) groups excluding carboxylic acids is 2. The predicted molar refractivity (Wildman–Crippen MR) is 115 cm³/mol. The predicted octanol–water partition coefficient (Wildman–Crippen LogP) is 2.46. The molecule has 0 spiro atoms. The average Bonchev–Trinajstić information content (AvgIpc) is 3.16. The van der Waals surface area contributed by atoms with Crippen LogP contribution in [0, 0.1) is 0 Å². The number of rotatable bonds is 8. The molecule has 0 saturated carbocycles. The van der Waals surface area contributed by atoms with Crippen LogP contribution in [0.15, 0.2) is 59.8 Å². The summed E-state index contributed by atoms with van der Waals surface area (Å²) in [6, 6.07) is 17.2. The SMILES string of the molecule is CON=C1C[C@@H](CC(=O)NCCCO)N(C(=O)c2ccc(-c3ccccc3)cc2)C1. The Morgan fingerprint density at radius 3 is 2.50 bits per heavy atom. The molecule has 1 saturated heterocycles. The highest BCUT2D eigenvalue weighted by molar-refractivity contribution is 6.01. The zero-order valence-electron chi connectivity index (χ0n) is 17.1. The van der Waals surface area contributed by atoms with E-state index in [1.807, 2.05) is 54.6 Å². The lowest BCUT2D eigenvalue weighted by Crippen LogP contribution is -2.39. The molecule has 1 heterocycles. The van der Waals surface area contributed by atoms with Crippen LogP contribution in [0.3, 0.4) is 0 Å². The van der Waals surface area contributed by atoms with Crippen LogP contribution in [-0.4, -0.2) is 60.4 Å². The summed E-state index contributed by atoms with van der Waals surface area (Å²) in [7, 11) is 1.47. The summed E-state index contributed by atoms with van der Waals surface area (Å²) >= 11 is 0. The lowest BCUT2D eigenvalue weighted by atomic mass is 10.0. The number of aliphatic hydroxyl groups excluding tert-OH is 1. The van der Waals surface area contributed by atoms with Gasteiger partial charge in [-0.05, 0) is 29.7 Å². The van der Waals surface area contributed by atoms with Crippen molar-refractivity contribution in [2.24, 2.45) is 5.16 Å². The van der Waals surface area contributed by atoms with Gasteiger partial charge in [-0.3, -0.25) is 9.59 Å². The van der Waals surface area contributed by atoms with Gasteiger partial charge in [0.2, 0.25) is 5.91 Å². The largest absolute Gasteiger partial charge is 0.399 e. The van der Waals surface area contributed by atoms with Crippen LogP contribution in [0.5, 0.6) is 0 Å². The van der Waals surface area contributed by atoms with Crippen molar-refractivity contribution < 1.29 is 19.5 Å². The average molecular weight is 409 g/mol. The molecule has 2 aromatic rings. The fourth-order valence-electron chi connectivity index (χ4n) is 3.58. The molecular weight excluding hydrogens is 382 g/mol. The number of oxime groups is 1. The number of aliphatic hydroxyl groups is 1. The summed E-state index contributed by atoms with van der Waals surface area (Å²) in [6.45, 7) is 0.773. The van der Waals surface area contributed by atoms with Crippen LogP contribution >= 0.6 is 0 Å². The first kappa shape index (κ1) is 21.5. The molecule has 7 heteroatoms. The van der Waals surface area contributed by atoms with Gasteiger partial charge >= 0.3 is 0 Å². The van der Waals surface area contributed by atoms with Gasteiger partial charge in [-0.25, -0.2) is 0 Å². The minimum Gasteiger partial charge on any atom is -0.399 e. The smallest absolute Gasteiger partial charge is 0.254 e. The van der Waals surface area contributed by atoms with Gasteiger partial charge in [-0.2, -0.15) is 0 Å². The summed E-state index contributed by atoms with van der Waals surface area (Å²) < 4.78 is 0. The topological polar surface area (TPSA) is 91.2 Å². The number of benzene rings is 2. The van der Waals surface area contributed by atoms with E-state index in [1.165, 1.54) is 7.11 Å². The summed E-state index contributed by atoms with van der Waals surface area (Å²) in [4.78, 5) is 32.0. The quantitative estimate of drug-likeness (QED) is 0.518. The molecule has 1 fully saturated rings. The first-order valence-corrected chi connectivity index (χ1v) is 10.0. The maximum Gasteiger partial charge on any atom is 0.254 e. The minimum absolute atomic E-state index is 0.0257. The molecule has 3 rings (SSSR count). The first-order chi connectivity index (χ1) is 14.6. The molecule has 0 bridgehead atoms. The molecule has 0 unspecified atom stereocenters. The van der Waals surface area contributed by atoms with Crippen molar-refractivity contribution >= 4 is 17.5 Å². The number of hydrogen-bond acceptors (Lipinski definition) is 5. The highest BCUT2D eigenvalue weighted by atomic mass is 16.6. The third kappa shape index (κ3) is 5.45. The van der Waals surface area contributed by atoms with Gasteiger partial charge < -0.3 is 20.2 Å². The summed E-state index contributed by atoms with van der Waals surface area (Å²) in [5.74, 6) is -0.284. The number of likely N-dealkylation sites (tertiary alicyclic amines) is 1. The summed E-state index contributed by atoms with van der Waals surface area (Å²) in [5.41, 5.74) is 3.43. The molecule has 0 radical (unpaired) electrons. The Hall–Kier alpha value is -3.19. The van der Waals surface area contributed by atoms with E-state index in [-0.39, 0.29) is 30.9 Å². The van der Waals surface area contributed by atoms with Crippen molar-refractivity contribution in [1.29, 1.82) is 0 Å². The Balaban J connectivity index is 1.72. The second-order valence-electron chi connectivity index (χ2n) is 7.21. The normalized spacial score (nSPS) is 17.2. The van der Waals surface area contributed by atoms with E-state index >= 15 is 0 Å². The van der Waals surface area contributed by atoms with Gasteiger partial charge in [0.05, 0.1) is 12.3 Å². The molecule has 2 aromatic carbocycles. The molecule has 0 aliphatic carbocycles. The molecule has 0 aromatic heterocycles. The van der Waals surface area contributed by atoms with Crippen molar-refractivity contribution in [3.63, 3.8) is 0 Å². The Morgan fingerprint density at radius 2 is 1.83 bits per heavy atom. The molecule has 2 amide bonds. The Morgan fingerprint density at radius 1 is 1.13 bits per heavy atom. The van der Waals surface area contributed by atoms with E-state index in [0.717, 1.165) is 16.8 Å². The Kier molecular flexibility index (Phi) is 7.57. The fourth-order valence-corrected chi connectivity index (χ4v) is 3.58. The Labute approximate surface area is 176 Å². The van der Waals surface area contributed by atoms with Crippen molar-refractivity contribution in [2.45, 2.75) is 25.3 Å². The number of nitrogens with one attached hydrogen (secondary N) is 1. The highest BCUT2D eigenvalue weighted by Crippen LogP contribution is 2.24. The lowest BCUT2D eigenvalue weighted by Gasteiger charge is -2.24. The van der Waals surface area contributed by atoms with Crippen molar-refractivity contribution in [1.82, 2.24) is 10.2 Å². The third-order valence-electron chi connectivity index (χ3n) is 5.06. The molecule has 1 atom stereocenters. The molecule has 1 aliphatic rings. The Bertz CT molecular complexity index is 881. The van der Waals surface area contributed by atoms with Crippen LogP contribution in [0.4, 0.5) is 0 Å². The lowest BCUT2D eigenvalue weighted by molar-refractivity contribution is -0.121. The van der Waals surface area contributed by atoms with E-state index in [1.54, 1.807) is 4.90 Å². The van der Waals surface area contributed by atoms with Crippen LogP contribution in [0.25, 0.3) is 11.1 Å². The second-order valence-corrected chi connectivity index (χ2v) is 7.21. The van der Waals surface area contributed by atoms with Crippen LogP contribution < -0.4 is 5.32 Å². The standard InChI is InChI=1S/C23H27N3O4/c1-30-25-20-14-21(15-22(28)24-12-5-13-27)26(16-20)23(29)19-10-8-18(9-11-19)17-6-3-2-4-7-17/h2-4,6-11,21,27H,5,12-16H2,1H3,(H,24,28)/t21-/m0/s1. The van der Waals surface area contributed by atoms with Crippen molar-refractivity contribution in [3.05, 3.63) is 60.2 Å². The van der Waals surface area contributed by atoms with Crippen LogP contribution in [0.1, 0.15) is 29.6 Å². The van der Waals surface area contributed by atoms with E-state index in [9.17, 15) is 9.59 Å². The molecule has 2 N–H and O–H groups in total. The molecule has 30 heavy (non-hydrogen) atoms. The van der Waals surface area contributed by atoms with E-state index in [4.69, 9.17) is 9.94 Å². The molecule has 7 nitrogen and oxygen atoms in total. The summed E-state index contributed by atoms with van der Waals surface area (Å²) in [5, 5.41) is 15.6. The van der Waals surface area contributed by atoms with Gasteiger partial charge in [-0.1, -0.05) is 47.6 Å².